The van der Waals surface area contributed by atoms with Crippen molar-refractivity contribution in [3.63, 3.8) is 0 Å². The lowest BCUT2D eigenvalue weighted by Gasteiger charge is -2.08. The van der Waals surface area contributed by atoms with Crippen LogP contribution in [0, 0.1) is 0 Å². The zero-order chi connectivity index (χ0) is 18.5. The van der Waals surface area contributed by atoms with Crippen LogP contribution in [0.2, 0.25) is 0 Å². The number of rotatable bonds is 1. The molecule has 0 fully saturated rings. The van der Waals surface area contributed by atoms with Gasteiger partial charge >= 0.3 is 0 Å². The second kappa shape index (κ2) is 5.72. The molecule has 0 amide bonds. The molecule has 0 radical (unpaired) electrons. The molecule has 130 valence electrons. The van der Waals surface area contributed by atoms with E-state index in [9.17, 15) is 0 Å². The van der Waals surface area contributed by atoms with E-state index in [4.69, 9.17) is 4.98 Å². The molecule has 28 heavy (non-hydrogen) atoms. The van der Waals surface area contributed by atoms with Crippen molar-refractivity contribution in [3.05, 3.63) is 73.1 Å². The first-order valence-corrected chi connectivity index (χ1v) is 8.90. The highest BCUT2D eigenvalue weighted by molar-refractivity contribution is 6.21. The molecule has 0 N–H and O–H groups in total. The van der Waals surface area contributed by atoms with Gasteiger partial charge in [-0.2, -0.15) is 0 Å². The van der Waals surface area contributed by atoms with Crippen LogP contribution in [0.15, 0.2) is 73.1 Å². The maximum absolute atomic E-state index is 4.79. The Morgan fingerprint density at radius 2 is 1.32 bits per heavy atom. The molecule has 3 aromatic carbocycles. The van der Waals surface area contributed by atoms with Gasteiger partial charge in [-0.05, 0) is 18.2 Å². The van der Waals surface area contributed by atoms with E-state index in [0.717, 1.165) is 43.6 Å². The summed E-state index contributed by atoms with van der Waals surface area (Å²) >= 11 is 0. The average Bonchev–Trinajstić information content (AvgIpc) is 2.78. The Morgan fingerprint density at radius 1 is 0.536 bits per heavy atom. The number of nitrogens with zero attached hydrogens (tertiary/aromatic N) is 6. The number of pyridine rings is 1. The fourth-order valence-corrected chi connectivity index (χ4v) is 3.58. The van der Waals surface area contributed by atoms with Crippen LogP contribution in [0.1, 0.15) is 0 Å². The van der Waals surface area contributed by atoms with Crippen molar-refractivity contribution in [2.45, 2.75) is 0 Å². The Balaban J connectivity index is 1.70. The summed E-state index contributed by atoms with van der Waals surface area (Å²) < 4.78 is 0. The molecule has 0 spiro atoms. The maximum atomic E-state index is 4.79. The van der Waals surface area contributed by atoms with Crippen molar-refractivity contribution < 1.29 is 0 Å². The molecular formula is C22H12N6. The van der Waals surface area contributed by atoms with Crippen LogP contribution in [-0.2, 0) is 0 Å². The van der Waals surface area contributed by atoms with Gasteiger partial charge in [0.05, 0.1) is 11.0 Å². The number of fused-ring (bicyclic) bond motifs is 7. The van der Waals surface area contributed by atoms with Crippen molar-refractivity contribution in [2.24, 2.45) is 0 Å². The third kappa shape index (κ3) is 2.15. The summed E-state index contributed by atoms with van der Waals surface area (Å²) in [5.41, 5.74) is 3.25. The van der Waals surface area contributed by atoms with E-state index in [0.29, 0.717) is 11.6 Å². The molecule has 0 atom stereocenters. The van der Waals surface area contributed by atoms with Gasteiger partial charge in [-0.15, -0.1) is 10.2 Å². The van der Waals surface area contributed by atoms with E-state index >= 15 is 0 Å². The number of aromatic nitrogens is 6. The molecule has 6 nitrogen and oxygen atoms in total. The highest BCUT2D eigenvalue weighted by Gasteiger charge is 2.15. The van der Waals surface area contributed by atoms with Gasteiger partial charge in [0.1, 0.15) is 11.0 Å². The fraction of sp³-hybridized carbons (Fsp3) is 0. The summed E-state index contributed by atoms with van der Waals surface area (Å²) in [5.74, 6) is 0.858. The molecule has 0 aliphatic heterocycles. The number of hydrogen-bond acceptors (Lipinski definition) is 6. The predicted molar refractivity (Wildman–Crippen MR) is 109 cm³/mol. The van der Waals surface area contributed by atoms with Gasteiger partial charge in [0.25, 0.3) is 0 Å². The third-order valence-corrected chi connectivity index (χ3v) is 4.88. The topological polar surface area (TPSA) is 77.3 Å². The van der Waals surface area contributed by atoms with E-state index in [-0.39, 0.29) is 0 Å². The molecule has 0 unspecified atom stereocenters. The Kier molecular flexibility index (Phi) is 3.07. The monoisotopic (exact) mass is 360 g/mol. The van der Waals surface area contributed by atoms with E-state index in [1.165, 1.54) is 0 Å². The zero-order valence-corrected chi connectivity index (χ0v) is 14.6. The summed E-state index contributed by atoms with van der Waals surface area (Å²) in [7, 11) is 0. The second-order valence-electron chi connectivity index (χ2n) is 6.53. The Bertz CT molecular complexity index is 1490. The number of hydrogen-bond donors (Lipinski definition) is 0. The minimum absolute atomic E-state index is 0.402. The van der Waals surface area contributed by atoms with E-state index < -0.39 is 0 Å². The van der Waals surface area contributed by atoms with Gasteiger partial charge in [-0.25, -0.2) is 15.0 Å². The lowest BCUT2D eigenvalue weighted by Crippen LogP contribution is -2.00. The van der Waals surface area contributed by atoms with Crippen LogP contribution in [0.3, 0.4) is 0 Å². The van der Waals surface area contributed by atoms with Gasteiger partial charge in [-0.1, -0.05) is 42.5 Å². The molecule has 0 aliphatic carbocycles. The van der Waals surface area contributed by atoms with Gasteiger partial charge in [0, 0.05) is 33.9 Å². The summed E-state index contributed by atoms with van der Waals surface area (Å²) in [5, 5.41) is 12.8. The zero-order valence-electron chi connectivity index (χ0n) is 14.6. The van der Waals surface area contributed by atoms with Gasteiger partial charge in [0.15, 0.2) is 5.82 Å². The molecule has 6 rings (SSSR count). The van der Waals surface area contributed by atoms with Gasteiger partial charge in [0.2, 0.25) is 5.82 Å². The predicted octanol–water partition coefficient (Wildman–Crippen LogP) is 4.34. The first kappa shape index (κ1) is 15.0. The van der Waals surface area contributed by atoms with Crippen LogP contribution in [-0.4, -0.2) is 30.1 Å². The van der Waals surface area contributed by atoms with E-state index in [2.05, 4.69) is 25.1 Å². The Hall–Kier alpha value is -4.06. The third-order valence-electron chi connectivity index (χ3n) is 4.88. The minimum atomic E-state index is 0.402. The van der Waals surface area contributed by atoms with Crippen LogP contribution in [0.25, 0.3) is 55.3 Å². The minimum Gasteiger partial charge on any atom is -0.256 e. The molecule has 3 heterocycles. The summed E-state index contributed by atoms with van der Waals surface area (Å²) in [6, 6.07) is 19.8. The molecular weight excluding hydrogens is 348 g/mol. The van der Waals surface area contributed by atoms with Crippen LogP contribution < -0.4 is 0 Å². The highest BCUT2D eigenvalue weighted by atomic mass is 15.2. The molecule has 0 bridgehead atoms. The van der Waals surface area contributed by atoms with Crippen LogP contribution in [0.5, 0.6) is 0 Å². The maximum Gasteiger partial charge on any atom is 0.220 e. The lowest BCUT2D eigenvalue weighted by atomic mass is 10.0. The number of para-hydroxylation sites is 1. The smallest absolute Gasteiger partial charge is 0.220 e. The molecule has 0 aliphatic rings. The van der Waals surface area contributed by atoms with Gasteiger partial charge < -0.3 is 0 Å². The molecule has 3 aromatic heterocycles. The van der Waals surface area contributed by atoms with E-state index in [1.54, 1.807) is 12.4 Å². The summed E-state index contributed by atoms with van der Waals surface area (Å²) in [6.07, 6.45) is 3.58. The number of benzene rings is 3. The lowest BCUT2D eigenvalue weighted by molar-refractivity contribution is 1.01. The molecule has 6 aromatic rings. The summed E-state index contributed by atoms with van der Waals surface area (Å²) in [4.78, 5) is 18.4. The fourth-order valence-electron chi connectivity index (χ4n) is 3.58. The first-order valence-electron chi connectivity index (χ1n) is 8.90. The summed E-state index contributed by atoms with van der Waals surface area (Å²) in [6.45, 7) is 0. The van der Waals surface area contributed by atoms with Crippen molar-refractivity contribution in [1.82, 2.24) is 30.1 Å². The quantitative estimate of drug-likeness (QED) is 0.406. The molecule has 0 saturated carbocycles. The van der Waals surface area contributed by atoms with Gasteiger partial charge in [-0.3, -0.25) is 4.98 Å². The van der Waals surface area contributed by atoms with Crippen LogP contribution in [0.4, 0.5) is 0 Å². The second-order valence-corrected chi connectivity index (χ2v) is 6.53. The Labute approximate surface area is 159 Å². The van der Waals surface area contributed by atoms with Crippen molar-refractivity contribution >= 4 is 43.6 Å². The van der Waals surface area contributed by atoms with Crippen molar-refractivity contribution in [2.75, 3.05) is 0 Å². The average molecular weight is 360 g/mol. The first-order chi connectivity index (χ1) is 13.9. The van der Waals surface area contributed by atoms with Crippen molar-refractivity contribution in [1.29, 1.82) is 0 Å². The normalized spacial score (nSPS) is 11.6. The largest absolute Gasteiger partial charge is 0.256 e. The van der Waals surface area contributed by atoms with E-state index in [1.807, 2.05) is 60.7 Å². The standard InChI is InChI=1S/C22H12N6/c1-4-10-17-13(6-1)12-24-21(25-17)22-26-19-16-9-5-11-23-18(16)14-7-2-3-8-15(14)20(19)27-28-22/h1-12H. The van der Waals surface area contributed by atoms with Crippen LogP contribution >= 0.6 is 0 Å². The Morgan fingerprint density at radius 3 is 2.25 bits per heavy atom. The molecule has 0 saturated heterocycles. The van der Waals surface area contributed by atoms with Crippen molar-refractivity contribution in [3.8, 4) is 11.6 Å². The SMILES string of the molecule is c1ccc2nc(-c3nnc4c5ccccc5c5ncccc5c4n3)ncc2c1. The molecule has 6 heteroatoms. The highest BCUT2D eigenvalue weighted by Crippen LogP contribution is 2.31.